The quantitative estimate of drug-likeness (QED) is 0.918. The maximum absolute atomic E-state index is 11.6. The molecule has 2 heterocycles. The molecule has 1 N–H and O–H groups in total. The van der Waals surface area contributed by atoms with Crippen molar-refractivity contribution in [3.05, 3.63) is 18.0 Å². The number of aromatic nitrogens is 2. The molecule has 1 saturated carbocycles. The number of sulfone groups is 1. The molecule has 112 valence electrons. The zero-order chi connectivity index (χ0) is 14.0. The van der Waals surface area contributed by atoms with Gasteiger partial charge in [0, 0.05) is 18.8 Å². The molecule has 1 aliphatic carbocycles. The minimum atomic E-state index is -2.83. The first-order valence-corrected chi connectivity index (χ1v) is 9.42. The van der Waals surface area contributed by atoms with Crippen molar-refractivity contribution < 1.29 is 8.42 Å². The fourth-order valence-corrected chi connectivity index (χ4v) is 4.95. The van der Waals surface area contributed by atoms with E-state index in [0.29, 0.717) is 18.3 Å². The zero-order valence-corrected chi connectivity index (χ0v) is 12.6. The molecule has 1 unspecified atom stereocenters. The van der Waals surface area contributed by atoms with Crippen molar-refractivity contribution in [2.75, 3.05) is 11.5 Å². The fourth-order valence-electron chi connectivity index (χ4n) is 3.28. The van der Waals surface area contributed by atoms with Gasteiger partial charge in [0.05, 0.1) is 23.2 Å². The second kappa shape index (κ2) is 5.85. The molecule has 20 heavy (non-hydrogen) atoms. The summed E-state index contributed by atoms with van der Waals surface area (Å²) < 4.78 is 25.3. The van der Waals surface area contributed by atoms with E-state index < -0.39 is 9.84 Å². The maximum atomic E-state index is 11.6. The van der Waals surface area contributed by atoms with Crippen LogP contribution in [0.25, 0.3) is 0 Å². The van der Waals surface area contributed by atoms with E-state index >= 15 is 0 Å². The van der Waals surface area contributed by atoms with Gasteiger partial charge in [0.15, 0.2) is 9.84 Å². The van der Waals surface area contributed by atoms with Crippen LogP contribution in [0.15, 0.2) is 12.3 Å². The molecule has 0 bridgehead atoms. The van der Waals surface area contributed by atoms with Gasteiger partial charge in [-0.15, -0.1) is 0 Å². The van der Waals surface area contributed by atoms with Crippen molar-refractivity contribution in [1.82, 2.24) is 15.1 Å². The third-order valence-corrected chi connectivity index (χ3v) is 6.22. The van der Waals surface area contributed by atoms with E-state index in [9.17, 15) is 8.42 Å². The van der Waals surface area contributed by atoms with Crippen molar-refractivity contribution in [2.24, 2.45) is 0 Å². The fraction of sp³-hybridized carbons (Fsp3) is 0.786. The highest BCUT2D eigenvalue weighted by atomic mass is 32.2. The van der Waals surface area contributed by atoms with Crippen LogP contribution in [-0.4, -0.2) is 35.7 Å². The van der Waals surface area contributed by atoms with Gasteiger partial charge >= 0.3 is 0 Å². The van der Waals surface area contributed by atoms with E-state index in [2.05, 4.69) is 21.3 Å². The predicted molar refractivity (Wildman–Crippen MR) is 78.2 cm³/mol. The van der Waals surface area contributed by atoms with Gasteiger partial charge in [-0.2, -0.15) is 5.10 Å². The summed E-state index contributed by atoms with van der Waals surface area (Å²) in [4.78, 5) is 0. The Balaban J connectivity index is 1.53. The molecule has 2 fully saturated rings. The smallest absolute Gasteiger partial charge is 0.151 e. The first-order valence-electron chi connectivity index (χ1n) is 7.60. The lowest BCUT2D eigenvalue weighted by Crippen LogP contribution is -2.39. The van der Waals surface area contributed by atoms with Gasteiger partial charge in [0.25, 0.3) is 0 Å². The second-order valence-corrected chi connectivity index (χ2v) is 8.29. The first kappa shape index (κ1) is 14.1. The van der Waals surface area contributed by atoms with Crippen LogP contribution >= 0.6 is 0 Å². The van der Waals surface area contributed by atoms with Crippen LogP contribution in [0.1, 0.15) is 50.3 Å². The molecule has 6 heteroatoms. The Morgan fingerprint density at radius 3 is 2.80 bits per heavy atom. The topological polar surface area (TPSA) is 64.0 Å². The van der Waals surface area contributed by atoms with E-state index in [4.69, 9.17) is 0 Å². The predicted octanol–water partition coefficient (Wildman–Crippen LogP) is 1.66. The standard InChI is InChI=1S/C14H23N3O2S/c18-20(19)9-3-4-13(11-20)15-10-12-7-8-17(16-12)14-5-1-2-6-14/h7-8,13-15H,1-6,9-11H2. The highest BCUT2D eigenvalue weighted by molar-refractivity contribution is 7.91. The Kier molecular flexibility index (Phi) is 4.12. The number of hydrogen-bond donors (Lipinski definition) is 1. The van der Waals surface area contributed by atoms with Crippen LogP contribution in [0.2, 0.25) is 0 Å². The zero-order valence-electron chi connectivity index (χ0n) is 11.8. The summed E-state index contributed by atoms with van der Waals surface area (Å²) in [5, 5.41) is 7.96. The summed E-state index contributed by atoms with van der Waals surface area (Å²) in [5.74, 6) is 0.623. The van der Waals surface area contributed by atoms with E-state index in [0.717, 1.165) is 18.5 Å². The van der Waals surface area contributed by atoms with E-state index in [1.54, 1.807) is 0 Å². The average Bonchev–Trinajstić information content (AvgIpc) is 3.06. The van der Waals surface area contributed by atoms with Gasteiger partial charge in [-0.1, -0.05) is 12.8 Å². The maximum Gasteiger partial charge on any atom is 0.151 e. The monoisotopic (exact) mass is 297 g/mol. The summed E-state index contributed by atoms with van der Waals surface area (Å²) >= 11 is 0. The van der Waals surface area contributed by atoms with Crippen molar-refractivity contribution in [3.8, 4) is 0 Å². The number of rotatable bonds is 4. The lowest BCUT2D eigenvalue weighted by molar-refractivity contribution is 0.450. The summed E-state index contributed by atoms with van der Waals surface area (Å²) in [6.45, 7) is 0.667. The Labute approximate surface area is 120 Å². The van der Waals surface area contributed by atoms with Crippen LogP contribution in [0.3, 0.4) is 0 Å². The number of nitrogens with one attached hydrogen (secondary N) is 1. The third-order valence-electron chi connectivity index (χ3n) is 4.40. The molecule has 0 radical (unpaired) electrons. The van der Waals surface area contributed by atoms with Gasteiger partial charge in [-0.05, 0) is 31.7 Å². The third kappa shape index (κ3) is 3.41. The molecular formula is C14H23N3O2S. The van der Waals surface area contributed by atoms with Crippen LogP contribution in [0.4, 0.5) is 0 Å². The molecule has 3 rings (SSSR count). The summed E-state index contributed by atoms with van der Waals surface area (Å²) in [5.41, 5.74) is 1.01. The van der Waals surface area contributed by atoms with Crippen molar-refractivity contribution >= 4 is 9.84 Å². The SMILES string of the molecule is O=S1(=O)CCCC(NCc2ccn(C3CCCC3)n2)C1. The van der Waals surface area contributed by atoms with E-state index in [1.165, 1.54) is 25.7 Å². The molecule has 1 aliphatic heterocycles. The van der Waals surface area contributed by atoms with Gasteiger partial charge in [0.2, 0.25) is 0 Å². The van der Waals surface area contributed by atoms with Crippen LogP contribution in [0, 0.1) is 0 Å². The van der Waals surface area contributed by atoms with Crippen molar-refractivity contribution in [1.29, 1.82) is 0 Å². The van der Waals surface area contributed by atoms with Crippen LogP contribution in [0.5, 0.6) is 0 Å². The molecule has 2 aliphatic rings. The normalized spacial score (nSPS) is 26.9. The molecular weight excluding hydrogens is 274 g/mol. The molecule has 0 spiro atoms. The summed E-state index contributed by atoms with van der Waals surface area (Å²) in [6.07, 6.45) is 8.85. The van der Waals surface area contributed by atoms with Gasteiger partial charge in [-0.3, -0.25) is 4.68 Å². The lowest BCUT2D eigenvalue weighted by Gasteiger charge is -2.22. The Bertz CT molecular complexity index is 547. The number of hydrogen-bond acceptors (Lipinski definition) is 4. The highest BCUT2D eigenvalue weighted by Gasteiger charge is 2.24. The van der Waals surface area contributed by atoms with Gasteiger partial charge in [0.1, 0.15) is 0 Å². The molecule has 1 saturated heterocycles. The van der Waals surface area contributed by atoms with Crippen molar-refractivity contribution in [3.63, 3.8) is 0 Å². The molecule has 0 aromatic carbocycles. The molecule has 1 aromatic heterocycles. The molecule has 1 atom stereocenters. The molecule has 0 amide bonds. The average molecular weight is 297 g/mol. The van der Waals surface area contributed by atoms with Crippen LogP contribution in [-0.2, 0) is 16.4 Å². The minimum Gasteiger partial charge on any atom is -0.307 e. The van der Waals surface area contributed by atoms with Crippen LogP contribution < -0.4 is 5.32 Å². The summed E-state index contributed by atoms with van der Waals surface area (Å²) in [7, 11) is -2.83. The van der Waals surface area contributed by atoms with E-state index in [-0.39, 0.29) is 11.8 Å². The minimum absolute atomic E-state index is 0.0883. The Hall–Kier alpha value is -0.880. The highest BCUT2D eigenvalue weighted by Crippen LogP contribution is 2.28. The summed E-state index contributed by atoms with van der Waals surface area (Å²) in [6, 6.07) is 2.70. The molecule has 1 aromatic rings. The largest absolute Gasteiger partial charge is 0.307 e. The van der Waals surface area contributed by atoms with Gasteiger partial charge in [-0.25, -0.2) is 8.42 Å². The number of nitrogens with zero attached hydrogens (tertiary/aromatic N) is 2. The Morgan fingerprint density at radius 1 is 1.25 bits per heavy atom. The molecule has 5 nitrogen and oxygen atoms in total. The second-order valence-electron chi connectivity index (χ2n) is 6.06. The van der Waals surface area contributed by atoms with Gasteiger partial charge < -0.3 is 5.32 Å². The Morgan fingerprint density at radius 2 is 2.05 bits per heavy atom. The lowest BCUT2D eigenvalue weighted by atomic mass is 10.2. The van der Waals surface area contributed by atoms with Crippen molar-refractivity contribution in [2.45, 2.75) is 57.2 Å². The van der Waals surface area contributed by atoms with E-state index in [1.807, 2.05) is 6.07 Å². The first-order chi connectivity index (χ1) is 9.62.